The average molecular weight is 369 g/mol. The van der Waals surface area contributed by atoms with Crippen LogP contribution in [0.2, 0.25) is 0 Å². The predicted octanol–water partition coefficient (Wildman–Crippen LogP) is 2.94. The second-order valence-electron chi connectivity index (χ2n) is 6.46. The van der Waals surface area contributed by atoms with Gasteiger partial charge in [-0.3, -0.25) is 4.99 Å². The van der Waals surface area contributed by atoms with Crippen LogP contribution in [0, 0.1) is 0 Å². The number of methoxy groups -OCH3 is 1. The van der Waals surface area contributed by atoms with Gasteiger partial charge in [-0.15, -0.1) is 0 Å². The van der Waals surface area contributed by atoms with E-state index >= 15 is 0 Å². The molecule has 1 atom stereocenters. The van der Waals surface area contributed by atoms with Gasteiger partial charge < -0.3 is 24.8 Å². The van der Waals surface area contributed by atoms with Crippen LogP contribution in [0.25, 0.3) is 0 Å². The van der Waals surface area contributed by atoms with Crippen LogP contribution < -0.4 is 24.8 Å². The molecule has 1 aliphatic rings. The third kappa shape index (κ3) is 4.84. The quantitative estimate of drug-likeness (QED) is 0.580. The minimum absolute atomic E-state index is 0.300. The van der Waals surface area contributed by atoms with Gasteiger partial charge in [-0.25, -0.2) is 0 Å². The van der Waals surface area contributed by atoms with E-state index in [4.69, 9.17) is 14.2 Å². The number of hydrogen-bond acceptors (Lipinski definition) is 4. The molecule has 0 bridgehead atoms. The first-order valence-corrected chi connectivity index (χ1v) is 9.17. The number of hydrogen-bond donors (Lipinski definition) is 2. The van der Waals surface area contributed by atoms with Crippen molar-refractivity contribution in [1.82, 2.24) is 10.6 Å². The number of nitrogens with one attached hydrogen (secondary N) is 2. The number of benzene rings is 2. The molecule has 2 aromatic carbocycles. The van der Waals surface area contributed by atoms with Crippen LogP contribution in [0.1, 0.15) is 24.0 Å². The molecule has 0 saturated carbocycles. The summed E-state index contributed by atoms with van der Waals surface area (Å²) in [7, 11) is 3.49. The number of ether oxygens (including phenoxy) is 3. The Bertz CT molecular complexity index is 792. The Hall–Kier alpha value is -2.89. The monoisotopic (exact) mass is 369 g/mol. The highest BCUT2D eigenvalue weighted by atomic mass is 16.7. The van der Waals surface area contributed by atoms with Crippen LogP contribution >= 0.6 is 0 Å². The summed E-state index contributed by atoms with van der Waals surface area (Å²) in [5.41, 5.74) is 2.38. The third-order valence-electron chi connectivity index (χ3n) is 4.61. The fourth-order valence-electron chi connectivity index (χ4n) is 3.08. The lowest BCUT2D eigenvalue weighted by molar-refractivity contribution is 0.174. The van der Waals surface area contributed by atoms with E-state index in [1.807, 2.05) is 30.3 Å². The molecule has 0 spiro atoms. The van der Waals surface area contributed by atoms with Crippen molar-refractivity contribution >= 4 is 5.96 Å². The molecule has 6 nitrogen and oxygen atoms in total. The van der Waals surface area contributed by atoms with Crippen molar-refractivity contribution in [3.63, 3.8) is 0 Å². The van der Waals surface area contributed by atoms with Crippen molar-refractivity contribution in [2.75, 3.05) is 34.0 Å². The predicted molar refractivity (Wildman–Crippen MR) is 107 cm³/mol. The number of guanidine groups is 1. The zero-order valence-corrected chi connectivity index (χ0v) is 16.1. The molecule has 144 valence electrons. The molecule has 0 amide bonds. The van der Waals surface area contributed by atoms with Gasteiger partial charge in [0.2, 0.25) is 6.79 Å². The molecule has 27 heavy (non-hydrogen) atoms. The summed E-state index contributed by atoms with van der Waals surface area (Å²) in [6.07, 6.45) is 0.874. The van der Waals surface area contributed by atoms with Gasteiger partial charge in [0, 0.05) is 26.1 Å². The van der Waals surface area contributed by atoms with Crippen molar-refractivity contribution in [2.24, 2.45) is 4.99 Å². The first-order valence-electron chi connectivity index (χ1n) is 9.17. The maximum absolute atomic E-state index is 5.45. The lowest BCUT2D eigenvalue weighted by Crippen LogP contribution is -2.39. The summed E-state index contributed by atoms with van der Waals surface area (Å²) in [5.74, 6) is 3.64. The summed E-state index contributed by atoms with van der Waals surface area (Å²) < 4.78 is 16.2. The largest absolute Gasteiger partial charge is 0.496 e. The van der Waals surface area contributed by atoms with Crippen molar-refractivity contribution < 1.29 is 14.2 Å². The lowest BCUT2D eigenvalue weighted by Gasteiger charge is -2.18. The Morgan fingerprint density at radius 3 is 2.78 bits per heavy atom. The maximum atomic E-state index is 5.45. The molecule has 1 aliphatic heterocycles. The van der Waals surface area contributed by atoms with Crippen molar-refractivity contribution in [3.05, 3.63) is 53.6 Å². The van der Waals surface area contributed by atoms with Crippen molar-refractivity contribution in [3.8, 4) is 17.2 Å². The first kappa shape index (κ1) is 18.9. The zero-order valence-electron chi connectivity index (χ0n) is 16.1. The topological polar surface area (TPSA) is 64.1 Å². The molecule has 0 aliphatic carbocycles. The lowest BCUT2D eigenvalue weighted by atomic mass is 10.0. The molecule has 6 heteroatoms. The average Bonchev–Trinajstić information content (AvgIpc) is 3.18. The van der Waals surface area contributed by atoms with Gasteiger partial charge in [0.1, 0.15) is 5.75 Å². The van der Waals surface area contributed by atoms with Gasteiger partial charge in [0.15, 0.2) is 17.5 Å². The van der Waals surface area contributed by atoms with Crippen LogP contribution in [0.3, 0.4) is 0 Å². The molecule has 0 fully saturated rings. The van der Waals surface area contributed by atoms with E-state index in [0.717, 1.165) is 42.7 Å². The molecule has 2 aromatic rings. The van der Waals surface area contributed by atoms with Crippen LogP contribution in [-0.2, 0) is 6.42 Å². The molecule has 1 unspecified atom stereocenters. The third-order valence-corrected chi connectivity index (χ3v) is 4.61. The normalized spacial score (nSPS) is 14.0. The number of para-hydroxylation sites is 1. The molecule has 2 N–H and O–H groups in total. The van der Waals surface area contributed by atoms with Crippen LogP contribution in [0.15, 0.2) is 47.5 Å². The number of aliphatic imine (C=N–C) groups is 1. The van der Waals surface area contributed by atoms with E-state index in [9.17, 15) is 0 Å². The highest BCUT2D eigenvalue weighted by molar-refractivity contribution is 5.79. The smallest absolute Gasteiger partial charge is 0.231 e. The van der Waals surface area contributed by atoms with E-state index in [1.54, 1.807) is 14.2 Å². The molecule has 3 rings (SSSR count). The second kappa shape index (κ2) is 9.16. The minimum atomic E-state index is 0.300. The fourth-order valence-corrected chi connectivity index (χ4v) is 3.08. The summed E-state index contributed by atoms with van der Waals surface area (Å²) in [6.45, 7) is 4.02. The molecular weight excluding hydrogens is 342 g/mol. The zero-order chi connectivity index (χ0) is 19.1. The Morgan fingerprint density at radius 1 is 1.15 bits per heavy atom. The van der Waals surface area contributed by atoms with Crippen molar-refractivity contribution in [1.29, 1.82) is 0 Å². The number of fused-ring (bicyclic) bond motifs is 1. The summed E-state index contributed by atoms with van der Waals surface area (Å²) in [6, 6.07) is 14.2. The van der Waals surface area contributed by atoms with E-state index in [-0.39, 0.29) is 0 Å². The molecular formula is C21H27N3O3. The van der Waals surface area contributed by atoms with E-state index in [1.165, 1.54) is 11.1 Å². The Balaban J connectivity index is 1.47. The van der Waals surface area contributed by atoms with E-state index in [2.05, 4.69) is 34.7 Å². The van der Waals surface area contributed by atoms with Crippen LogP contribution in [0.5, 0.6) is 17.2 Å². The first-order chi connectivity index (χ1) is 13.2. The highest BCUT2D eigenvalue weighted by Crippen LogP contribution is 2.32. The van der Waals surface area contributed by atoms with Gasteiger partial charge >= 0.3 is 0 Å². The molecule has 1 heterocycles. The van der Waals surface area contributed by atoms with Gasteiger partial charge in [-0.1, -0.05) is 31.2 Å². The Morgan fingerprint density at radius 2 is 1.96 bits per heavy atom. The van der Waals surface area contributed by atoms with Gasteiger partial charge in [-0.05, 0) is 35.7 Å². The maximum Gasteiger partial charge on any atom is 0.231 e. The van der Waals surface area contributed by atoms with E-state index in [0.29, 0.717) is 12.7 Å². The van der Waals surface area contributed by atoms with E-state index < -0.39 is 0 Å². The molecule has 0 aromatic heterocycles. The Labute approximate surface area is 160 Å². The SMILES string of the molecule is CN=C(NCCc1ccc2c(c1)OCO2)NCC(C)c1ccccc1OC. The van der Waals surface area contributed by atoms with Gasteiger partial charge in [-0.2, -0.15) is 0 Å². The number of rotatable bonds is 7. The molecule has 0 radical (unpaired) electrons. The van der Waals surface area contributed by atoms with Gasteiger partial charge in [0.25, 0.3) is 0 Å². The highest BCUT2D eigenvalue weighted by Gasteiger charge is 2.13. The summed E-state index contributed by atoms with van der Waals surface area (Å²) >= 11 is 0. The standard InChI is InChI=1S/C21H27N3O3/c1-15(17-6-4-5-7-18(17)25-3)13-24-21(22-2)23-11-10-16-8-9-19-20(12-16)27-14-26-19/h4-9,12,15H,10-11,13-14H2,1-3H3,(H2,22,23,24). The number of nitrogens with zero attached hydrogens (tertiary/aromatic N) is 1. The summed E-state index contributed by atoms with van der Waals surface area (Å²) in [5, 5.41) is 6.74. The Kier molecular flexibility index (Phi) is 6.41. The fraction of sp³-hybridized carbons (Fsp3) is 0.381. The summed E-state index contributed by atoms with van der Waals surface area (Å²) in [4.78, 5) is 4.30. The van der Waals surface area contributed by atoms with Crippen LogP contribution in [-0.4, -0.2) is 40.0 Å². The minimum Gasteiger partial charge on any atom is -0.496 e. The second-order valence-corrected chi connectivity index (χ2v) is 6.46. The van der Waals surface area contributed by atoms with Crippen LogP contribution in [0.4, 0.5) is 0 Å². The molecule has 0 saturated heterocycles. The van der Waals surface area contributed by atoms with Crippen molar-refractivity contribution in [2.45, 2.75) is 19.3 Å². The van der Waals surface area contributed by atoms with Gasteiger partial charge in [0.05, 0.1) is 7.11 Å².